The Kier molecular flexibility index (Phi) is 4.82. The molecule has 0 aromatic carbocycles. The van der Waals surface area contributed by atoms with Crippen molar-refractivity contribution in [1.82, 2.24) is 19.8 Å². The summed E-state index contributed by atoms with van der Waals surface area (Å²) in [5.41, 5.74) is 5.60. The molecule has 0 bridgehead atoms. The van der Waals surface area contributed by atoms with Gasteiger partial charge >= 0.3 is 0 Å². The van der Waals surface area contributed by atoms with E-state index in [2.05, 4.69) is 17.1 Å². The van der Waals surface area contributed by atoms with E-state index in [1.807, 2.05) is 4.52 Å². The van der Waals surface area contributed by atoms with Crippen LogP contribution in [-0.2, 0) is 11.2 Å². The summed E-state index contributed by atoms with van der Waals surface area (Å²) < 4.78 is 7.37. The summed E-state index contributed by atoms with van der Waals surface area (Å²) in [6.07, 6.45) is 5.25. The SMILES string of the molecule is CC(CCN)CCc1nn2c(C3CCOCC3)nnc2s1. The molecule has 0 aliphatic carbocycles. The second-order valence-corrected chi connectivity index (χ2v) is 6.90. The number of fused-ring (bicyclic) bond motifs is 1. The second-order valence-electron chi connectivity index (χ2n) is 5.86. The fourth-order valence-corrected chi connectivity index (χ4v) is 3.64. The quantitative estimate of drug-likeness (QED) is 0.883. The maximum absolute atomic E-state index is 5.60. The number of aryl methyl sites for hydroxylation is 1. The van der Waals surface area contributed by atoms with Crippen molar-refractivity contribution in [2.45, 2.75) is 44.9 Å². The van der Waals surface area contributed by atoms with Crippen molar-refractivity contribution >= 4 is 16.3 Å². The third kappa shape index (κ3) is 3.41. The van der Waals surface area contributed by atoms with Crippen LogP contribution in [0, 0.1) is 5.92 Å². The Labute approximate surface area is 128 Å². The fourth-order valence-electron chi connectivity index (χ4n) is 2.78. The van der Waals surface area contributed by atoms with Gasteiger partial charge in [-0.3, -0.25) is 0 Å². The molecule has 0 spiro atoms. The molecule has 7 heteroatoms. The van der Waals surface area contributed by atoms with E-state index in [1.165, 1.54) is 0 Å². The normalized spacial score (nSPS) is 18.4. The lowest BCUT2D eigenvalue weighted by Crippen LogP contribution is -2.16. The molecule has 6 nitrogen and oxygen atoms in total. The van der Waals surface area contributed by atoms with E-state index < -0.39 is 0 Å². The Bertz CT molecular complexity index is 575. The summed E-state index contributed by atoms with van der Waals surface area (Å²) in [6.45, 7) is 4.64. The van der Waals surface area contributed by atoms with Crippen molar-refractivity contribution in [2.24, 2.45) is 11.7 Å². The van der Waals surface area contributed by atoms with Gasteiger partial charge < -0.3 is 10.5 Å². The van der Waals surface area contributed by atoms with E-state index in [0.717, 1.165) is 67.7 Å². The van der Waals surface area contributed by atoms with Crippen LogP contribution in [0.1, 0.15) is 49.4 Å². The molecule has 2 aromatic heterocycles. The van der Waals surface area contributed by atoms with Gasteiger partial charge in [-0.25, -0.2) is 0 Å². The second kappa shape index (κ2) is 6.81. The van der Waals surface area contributed by atoms with Crippen LogP contribution in [-0.4, -0.2) is 39.6 Å². The van der Waals surface area contributed by atoms with Crippen LogP contribution in [0.15, 0.2) is 0 Å². The monoisotopic (exact) mass is 309 g/mol. The highest BCUT2D eigenvalue weighted by Crippen LogP contribution is 2.27. The highest BCUT2D eigenvalue weighted by molar-refractivity contribution is 7.16. The number of nitrogens with zero attached hydrogens (tertiary/aromatic N) is 4. The van der Waals surface area contributed by atoms with Crippen molar-refractivity contribution in [3.8, 4) is 0 Å². The highest BCUT2D eigenvalue weighted by atomic mass is 32.1. The Morgan fingerprint density at radius 2 is 2.14 bits per heavy atom. The molecule has 3 rings (SSSR count). The van der Waals surface area contributed by atoms with E-state index in [1.54, 1.807) is 11.3 Å². The predicted molar refractivity (Wildman–Crippen MR) is 82.6 cm³/mol. The van der Waals surface area contributed by atoms with Gasteiger partial charge in [-0.1, -0.05) is 18.3 Å². The summed E-state index contributed by atoms with van der Waals surface area (Å²) >= 11 is 1.66. The molecule has 1 unspecified atom stereocenters. The number of ether oxygens (including phenoxy) is 1. The zero-order valence-corrected chi connectivity index (χ0v) is 13.3. The molecular formula is C14H23N5OS. The molecule has 116 valence electrons. The zero-order valence-electron chi connectivity index (χ0n) is 12.5. The average molecular weight is 309 g/mol. The van der Waals surface area contributed by atoms with Gasteiger partial charge in [0, 0.05) is 25.6 Å². The number of hydrogen-bond acceptors (Lipinski definition) is 6. The molecule has 2 N–H and O–H groups in total. The first-order valence-corrected chi connectivity index (χ1v) is 8.58. The molecule has 1 aliphatic rings. The summed E-state index contributed by atoms with van der Waals surface area (Å²) in [5.74, 6) is 2.09. The van der Waals surface area contributed by atoms with E-state index in [4.69, 9.17) is 15.6 Å². The van der Waals surface area contributed by atoms with Crippen molar-refractivity contribution in [3.05, 3.63) is 10.8 Å². The van der Waals surface area contributed by atoms with Gasteiger partial charge in [0.05, 0.1) is 0 Å². The minimum Gasteiger partial charge on any atom is -0.381 e. The number of rotatable bonds is 6. The van der Waals surface area contributed by atoms with E-state index in [0.29, 0.717) is 11.8 Å². The topological polar surface area (TPSA) is 78.3 Å². The molecule has 1 atom stereocenters. The van der Waals surface area contributed by atoms with E-state index in [-0.39, 0.29) is 0 Å². The summed E-state index contributed by atoms with van der Waals surface area (Å²) in [4.78, 5) is 0.915. The first kappa shape index (κ1) is 14.9. The number of aromatic nitrogens is 4. The van der Waals surface area contributed by atoms with E-state index >= 15 is 0 Å². The van der Waals surface area contributed by atoms with Gasteiger partial charge in [-0.2, -0.15) is 9.61 Å². The Balaban J connectivity index is 1.70. The van der Waals surface area contributed by atoms with Gasteiger partial charge in [0.2, 0.25) is 4.96 Å². The third-order valence-corrected chi connectivity index (χ3v) is 5.11. The van der Waals surface area contributed by atoms with E-state index in [9.17, 15) is 0 Å². The first-order valence-electron chi connectivity index (χ1n) is 7.76. The van der Waals surface area contributed by atoms with Crippen LogP contribution in [0.2, 0.25) is 0 Å². The van der Waals surface area contributed by atoms with Gasteiger partial charge in [0.25, 0.3) is 0 Å². The molecule has 3 heterocycles. The zero-order chi connectivity index (χ0) is 14.7. The molecule has 0 saturated carbocycles. The van der Waals surface area contributed by atoms with Crippen molar-refractivity contribution in [1.29, 1.82) is 0 Å². The Morgan fingerprint density at radius 3 is 2.90 bits per heavy atom. The average Bonchev–Trinajstić information content (AvgIpc) is 3.06. The minimum absolute atomic E-state index is 0.430. The van der Waals surface area contributed by atoms with Gasteiger partial charge in [0.1, 0.15) is 5.01 Å². The van der Waals surface area contributed by atoms with Crippen LogP contribution in [0.3, 0.4) is 0 Å². The van der Waals surface area contributed by atoms with Crippen LogP contribution in [0.5, 0.6) is 0 Å². The summed E-state index contributed by atoms with van der Waals surface area (Å²) in [7, 11) is 0. The predicted octanol–water partition coefficient (Wildman–Crippen LogP) is 2.00. The Morgan fingerprint density at radius 1 is 1.33 bits per heavy atom. The lowest BCUT2D eigenvalue weighted by molar-refractivity contribution is 0.0831. The number of hydrogen-bond donors (Lipinski definition) is 1. The van der Waals surface area contributed by atoms with Crippen LogP contribution in [0.25, 0.3) is 4.96 Å². The van der Waals surface area contributed by atoms with Crippen molar-refractivity contribution in [3.63, 3.8) is 0 Å². The van der Waals surface area contributed by atoms with Gasteiger partial charge in [-0.05, 0) is 38.1 Å². The van der Waals surface area contributed by atoms with Crippen molar-refractivity contribution in [2.75, 3.05) is 19.8 Å². The summed E-state index contributed by atoms with van der Waals surface area (Å²) in [5, 5.41) is 14.5. The molecule has 1 aliphatic heterocycles. The van der Waals surface area contributed by atoms with Crippen LogP contribution < -0.4 is 5.73 Å². The van der Waals surface area contributed by atoms with Crippen LogP contribution in [0.4, 0.5) is 0 Å². The van der Waals surface area contributed by atoms with Gasteiger partial charge in [0.15, 0.2) is 5.82 Å². The molecule has 21 heavy (non-hydrogen) atoms. The smallest absolute Gasteiger partial charge is 0.234 e. The first-order chi connectivity index (χ1) is 10.3. The standard InChI is InChI=1S/C14H23N5OS/c1-10(4-7-15)2-3-12-18-19-13(16-17-14(19)21-12)11-5-8-20-9-6-11/h10-11H,2-9,15H2,1H3. The van der Waals surface area contributed by atoms with Crippen molar-refractivity contribution < 1.29 is 4.74 Å². The fraction of sp³-hybridized carbons (Fsp3) is 0.786. The molecule has 0 radical (unpaired) electrons. The molecule has 2 aromatic rings. The maximum Gasteiger partial charge on any atom is 0.234 e. The largest absolute Gasteiger partial charge is 0.381 e. The number of nitrogens with two attached hydrogens (primary N) is 1. The molecule has 0 amide bonds. The lowest BCUT2D eigenvalue weighted by atomic mass is 10.00. The summed E-state index contributed by atoms with van der Waals surface area (Å²) in [6, 6.07) is 0. The van der Waals surface area contributed by atoms with Crippen LogP contribution >= 0.6 is 11.3 Å². The molecule has 1 saturated heterocycles. The molecule has 1 fully saturated rings. The minimum atomic E-state index is 0.430. The lowest BCUT2D eigenvalue weighted by Gasteiger charge is -2.19. The Hall–Kier alpha value is -1.05. The highest BCUT2D eigenvalue weighted by Gasteiger charge is 2.23. The molecular weight excluding hydrogens is 286 g/mol. The maximum atomic E-state index is 5.60. The third-order valence-electron chi connectivity index (χ3n) is 4.15. The van der Waals surface area contributed by atoms with Gasteiger partial charge in [-0.15, -0.1) is 10.2 Å².